The average molecular weight is 353 g/mol. The van der Waals surface area contributed by atoms with Gasteiger partial charge in [0.05, 0.1) is 12.7 Å². The summed E-state index contributed by atoms with van der Waals surface area (Å²) in [5.41, 5.74) is -0.120. The SMILES string of the molecule is COc1ccccc1OCC(=O)N(C)Cc1ccc(C(F)(F)F)cc1. The van der Waals surface area contributed by atoms with E-state index in [9.17, 15) is 18.0 Å². The predicted octanol–water partition coefficient (Wildman–Crippen LogP) is 3.75. The van der Waals surface area contributed by atoms with Crippen LogP contribution in [0.25, 0.3) is 0 Å². The number of rotatable bonds is 6. The van der Waals surface area contributed by atoms with Gasteiger partial charge in [0.2, 0.25) is 0 Å². The minimum absolute atomic E-state index is 0.187. The van der Waals surface area contributed by atoms with E-state index in [0.717, 1.165) is 12.1 Å². The molecule has 2 aromatic carbocycles. The van der Waals surface area contributed by atoms with Crippen molar-refractivity contribution in [3.05, 3.63) is 59.7 Å². The lowest BCUT2D eigenvalue weighted by atomic mass is 10.1. The van der Waals surface area contributed by atoms with E-state index in [0.29, 0.717) is 17.1 Å². The van der Waals surface area contributed by atoms with Gasteiger partial charge in [-0.25, -0.2) is 0 Å². The Labute approximate surface area is 143 Å². The van der Waals surface area contributed by atoms with Gasteiger partial charge in [0.1, 0.15) is 0 Å². The number of halogens is 3. The van der Waals surface area contributed by atoms with Crippen LogP contribution in [0, 0.1) is 0 Å². The minimum atomic E-state index is -4.37. The highest BCUT2D eigenvalue weighted by Gasteiger charge is 2.29. The van der Waals surface area contributed by atoms with E-state index in [1.54, 1.807) is 31.3 Å². The fourth-order valence-corrected chi connectivity index (χ4v) is 2.15. The molecule has 0 aromatic heterocycles. The maximum absolute atomic E-state index is 12.5. The predicted molar refractivity (Wildman–Crippen MR) is 86.4 cm³/mol. The first kappa shape index (κ1) is 18.6. The van der Waals surface area contributed by atoms with E-state index < -0.39 is 11.7 Å². The standard InChI is InChI=1S/C18H18F3NO3/c1-22(11-13-7-9-14(10-8-13)18(19,20)21)17(23)12-25-16-6-4-3-5-15(16)24-2/h3-10H,11-12H2,1-2H3. The van der Waals surface area contributed by atoms with E-state index in [4.69, 9.17) is 9.47 Å². The van der Waals surface area contributed by atoms with Crippen LogP contribution in [0.1, 0.15) is 11.1 Å². The van der Waals surface area contributed by atoms with Crippen LogP contribution in [0.5, 0.6) is 11.5 Å². The minimum Gasteiger partial charge on any atom is -0.493 e. The molecule has 25 heavy (non-hydrogen) atoms. The quantitative estimate of drug-likeness (QED) is 0.794. The van der Waals surface area contributed by atoms with Crippen LogP contribution in [0.2, 0.25) is 0 Å². The van der Waals surface area contributed by atoms with Crippen molar-refractivity contribution in [1.29, 1.82) is 0 Å². The summed E-state index contributed by atoms with van der Waals surface area (Å²) in [5.74, 6) is 0.660. The van der Waals surface area contributed by atoms with Crippen LogP contribution in [0.4, 0.5) is 13.2 Å². The molecule has 0 aliphatic heterocycles. The number of carbonyl (C=O) groups excluding carboxylic acids is 1. The van der Waals surface area contributed by atoms with Crippen LogP contribution >= 0.6 is 0 Å². The van der Waals surface area contributed by atoms with E-state index >= 15 is 0 Å². The molecule has 0 aliphatic rings. The van der Waals surface area contributed by atoms with Crippen molar-refractivity contribution in [3.63, 3.8) is 0 Å². The number of alkyl halides is 3. The molecule has 4 nitrogen and oxygen atoms in total. The van der Waals surface area contributed by atoms with E-state index in [2.05, 4.69) is 0 Å². The van der Waals surface area contributed by atoms with Gasteiger partial charge in [-0.05, 0) is 29.8 Å². The number of methoxy groups -OCH3 is 1. The van der Waals surface area contributed by atoms with Crippen LogP contribution in [-0.4, -0.2) is 31.6 Å². The van der Waals surface area contributed by atoms with Crippen LogP contribution in [0.3, 0.4) is 0 Å². The van der Waals surface area contributed by atoms with Gasteiger partial charge in [-0.3, -0.25) is 4.79 Å². The number of ether oxygens (including phenoxy) is 2. The third kappa shape index (κ3) is 5.14. The Morgan fingerprint density at radius 3 is 2.20 bits per heavy atom. The molecule has 2 rings (SSSR count). The molecular weight excluding hydrogens is 335 g/mol. The first-order valence-corrected chi connectivity index (χ1v) is 7.47. The third-order valence-corrected chi connectivity index (χ3v) is 3.55. The molecule has 7 heteroatoms. The summed E-state index contributed by atoms with van der Waals surface area (Å²) in [6.45, 7) is -0.0102. The van der Waals surface area contributed by atoms with Crippen molar-refractivity contribution in [2.24, 2.45) is 0 Å². The van der Waals surface area contributed by atoms with Gasteiger partial charge in [0.25, 0.3) is 5.91 Å². The van der Waals surface area contributed by atoms with Gasteiger partial charge in [0, 0.05) is 13.6 Å². The van der Waals surface area contributed by atoms with Gasteiger partial charge in [0.15, 0.2) is 18.1 Å². The molecule has 2 aromatic rings. The zero-order valence-electron chi connectivity index (χ0n) is 13.8. The summed E-state index contributed by atoms with van der Waals surface area (Å²) in [6, 6.07) is 11.6. The van der Waals surface area contributed by atoms with Crippen LogP contribution in [-0.2, 0) is 17.5 Å². The molecule has 0 aliphatic carbocycles. The van der Waals surface area contributed by atoms with Crippen molar-refractivity contribution in [1.82, 2.24) is 4.90 Å². The Morgan fingerprint density at radius 1 is 1.04 bits per heavy atom. The van der Waals surface area contributed by atoms with Crippen LogP contribution < -0.4 is 9.47 Å². The molecule has 0 heterocycles. The Kier molecular flexibility index (Phi) is 5.90. The summed E-state index contributed by atoms with van der Waals surface area (Å²) < 4.78 is 48.2. The second-order valence-corrected chi connectivity index (χ2v) is 5.38. The number of carbonyl (C=O) groups is 1. The lowest BCUT2D eigenvalue weighted by Gasteiger charge is -2.18. The van der Waals surface area contributed by atoms with Gasteiger partial charge in [-0.2, -0.15) is 13.2 Å². The Hall–Kier alpha value is -2.70. The normalized spacial score (nSPS) is 11.1. The largest absolute Gasteiger partial charge is 0.493 e. The van der Waals surface area contributed by atoms with Crippen molar-refractivity contribution >= 4 is 5.91 Å². The smallest absolute Gasteiger partial charge is 0.416 e. The molecule has 0 bridgehead atoms. The second kappa shape index (κ2) is 7.92. The van der Waals surface area contributed by atoms with Gasteiger partial charge in [-0.1, -0.05) is 24.3 Å². The second-order valence-electron chi connectivity index (χ2n) is 5.38. The lowest BCUT2D eigenvalue weighted by molar-refractivity contribution is -0.137. The highest BCUT2D eigenvalue weighted by molar-refractivity contribution is 5.77. The average Bonchev–Trinajstić information content (AvgIpc) is 2.59. The summed E-state index contributed by atoms with van der Waals surface area (Å²) >= 11 is 0. The van der Waals surface area contributed by atoms with Crippen molar-refractivity contribution in [3.8, 4) is 11.5 Å². The number of likely N-dealkylation sites (N-methyl/N-ethyl adjacent to an activating group) is 1. The van der Waals surface area contributed by atoms with Crippen LogP contribution in [0.15, 0.2) is 48.5 Å². The Balaban J connectivity index is 1.92. The maximum Gasteiger partial charge on any atom is 0.416 e. The summed E-state index contributed by atoms with van der Waals surface area (Å²) in [7, 11) is 3.06. The zero-order chi connectivity index (χ0) is 18.4. The topological polar surface area (TPSA) is 38.8 Å². The molecule has 134 valence electrons. The lowest BCUT2D eigenvalue weighted by Crippen LogP contribution is -2.31. The fourth-order valence-electron chi connectivity index (χ4n) is 2.15. The van der Waals surface area contributed by atoms with E-state index in [1.807, 2.05) is 0 Å². The number of benzene rings is 2. The summed E-state index contributed by atoms with van der Waals surface area (Å²) in [6.07, 6.45) is -4.37. The molecule has 1 amide bonds. The molecule has 0 saturated heterocycles. The number of nitrogens with zero attached hydrogens (tertiary/aromatic N) is 1. The molecule has 0 fully saturated rings. The molecule has 0 unspecified atom stereocenters. The third-order valence-electron chi connectivity index (χ3n) is 3.55. The molecular formula is C18H18F3NO3. The highest BCUT2D eigenvalue weighted by Crippen LogP contribution is 2.29. The van der Waals surface area contributed by atoms with Crippen molar-refractivity contribution < 1.29 is 27.4 Å². The van der Waals surface area contributed by atoms with E-state index in [-0.39, 0.29) is 19.1 Å². The molecule has 0 saturated carbocycles. The van der Waals surface area contributed by atoms with Crippen molar-refractivity contribution in [2.75, 3.05) is 20.8 Å². The van der Waals surface area contributed by atoms with Gasteiger partial charge >= 0.3 is 6.18 Å². The summed E-state index contributed by atoms with van der Waals surface area (Å²) in [5, 5.41) is 0. The Bertz CT molecular complexity index is 714. The zero-order valence-corrected chi connectivity index (χ0v) is 13.8. The molecule has 0 N–H and O–H groups in total. The first-order valence-electron chi connectivity index (χ1n) is 7.47. The molecule has 0 atom stereocenters. The highest BCUT2D eigenvalue weighted by atomic mass is 19.4. The number of hydrogen-bond donors (Lipinski definition) is 0. The number of amides is 1. The van der Waals surface area contributed by atoms with Gasteiger partial charge in [-0.15, -0.1) is 0 Å². The number of hydrogen-bond acceptors (Lipinski definition) is 3. The summed E-state index contributed by atoms with van der Waals surface area (Å²) in [4.78, 5) is 13.5. The number of para-hydroxylation sites is 2. The molecule has 0 radical (unpaired) electrons. The first-order chi connectivity index (χ1) is 11.8. The Morgan fingerprint density at radius 2 is 1.64 bits per heavy atom. The maximum atomic E-state index is 12.5. The van der Waals surface area contributed by atoms with E-state index in [1.165, 1.54) is 24.1 Å². The monoisotopic (exact) mass is 353 g/mol. The fraction of sp³-hybridized carbons (Fsp3) is 0.278. The molecule has 0 spiro atoms. The van der Waals surface area contributed by atoms with Crippen molar-refractivity contribution in [2.45, 2.75) is 12.7 Å². The van der Waals surface area contributed by atoms with Gasteiger partial charge < -0.3 is 14.4 Å².